The number of hydrogen-bond acceptors (Lipinski definition) is 8. The molecule has 2 rings (SSSR count). The Morgan fingerprint density at radius 3 is 2.20 bits per heavy atom. The number of carbonyl (C=O) groups is 2. The van der Waals surface area contributed by atoms with Crippen molar-refractivity contribution in [1.82, 2.24) is 10.2 Å². The van der Waals surface area contributed by atoms with Crippen LogP contribution in [0.4, 0.5) is 10.8 Å². The number of benzene rings is 1. The van der Waals surface area contributed by atoms with Crippen molar-refractivity contribution in [3.8, 4) is 5.75 Å². The van der Waals surface area contributed by atoms with Gasteiger partial charge in [-0.1, -0.05) is 11.3 Å². The Hall–Kier alpha value is -2.53. The molecule has 9 nitrogen and oxygen atoms in total. The van der Waals surface area contributed by atoms with Crippen molar-refractivity contribution >= 4 is 43.8 Å². The normalized spacial score (nSPS) is 11.0. The van der Waals surface area contributed by atoms with E-state index < -0.39 is 33.2 Å². The van der Waals surface area contributed by atoms with Gasteiger partial charge in [-0.2, -0.15) is 0 Å². The Bertz CT molecular complexity index is 862. The minimum absolute atomic E-state index is 0.209. The second kappa shape index (κ2) is 8.03. The van der Waals surface area contributed by atoms with Gasteiger partial charge in [0.1, 0.15) is 22.3 Å². The van der Waals surface area contributed by atoms with Gasteiger partial charge in [0.15, 0.2) is 9.84 Å². The maximum Gasteiger partial charge on any atom is 0.241 e. The summed E-state index contributed by atoms with van der Waals surface area (Å²) in [6, 6.07) is 6.41. The summed E-state index contributed by atoms with van der Waals surface area (Å²) < 4.78 is 28.9. The number of nitrogens with one attached hydrogen (secondary N) is 2. The Balaban J connectivity index is 1.88. The summed E-state index contributed by atoms with van der Waals surface area (Å²) in [6.45, 7) is 1.70. The molecule has 11 heteroatoms. The minimum atomic E-state index is -3.92. The van der Waals surface area contributed by atoms with Crippen LogP contribution in [0.25, 0.3) is 0 Å². The number of hydrogen-bond donors (Lipinski definition) is 2. The average Bonchev–Trinajstić information content (AvgIpc) is 2.91. The molecule has 0 aliphatic rings. The molecule has 25 heavy (non-hydrogen) atoms. The zero-order chi connectivity index (χ0) is 18.4. The largest absolute Gasteiger partial charge is 0.497 e. The molecular weight excluding hydrogens is 368 g/mol. The molecule has 2 aromatic rings. The molecule has 1 aromatic carbocycles. The third-order valence-corrected chi connectivity index (χ3v) is 5.01. The minimum Gasteiger partial charge on any atom is -0.497 e. The number of sulfone groups is 1. The molecule has 0 saturated heterocycles. The zero-order valence-electron chi connectivity index (χ0n) is 13.5. The number of aryl methyl sites for hydroxylation is 1. The number of amides is 2. The van der Waals surface area contributed by atoms with E-state index in [1.165, 1.54) is 7.11 Å². The van der Waals surface area contributed by atoms with E-state index in [1.54, 1.807) is 31.2 Å². The molecule has 1 heterocycles. The van der Waals surface area contributed by atoms with Crippen LogP contribution in [0.2, 0.25) is 0 Å². The summed E-state index contributed by atoms with van der Waals surface area (Å²) in [7, 11) is -2.41. The molecule has 1 aromatic heterocycles. The smallest absolute Gasteiger partial charge is 0.241 e. The fraction of sp³-hybridized carbons (Fsp3) is 0.286. The molecule has 2 amide bonds. The predicted octanol–water partition coefficient (Wildman–Crippen LogP) is 0.847. The fourth-order valence-corrected chi connectivity index (χ4v) is 3.48. The Kier molecular flexibility index (Phi) is 6.04. The van der Waals surface area contributed by atoms with Crippen molar-refractivity contribution in [2.24, 2.45) is 0 Å². The monoisotopic (exact) mass is 384 g/mol. The molecule has 0 bridgehead atoms. The van der Waals surface area contributed by atoms with E-state index in [2.05, 4.69) is 20.8 Å². The van der Waals surface area contributed by atoms with E-state index in [1.807, 2.05) is 0 Å². The van der Waals surface area contributed by atoms with E-state index in [0.717, 1.165) is 11.3 Å². The fourth-order valence-electron chi connectivity index (χ4n) is 1.82. The second-order valence-electron chi connectivity index (χ2n) is 4.98. The molecule has 2 N–H and O–H groups in total. The van der Waals surface area contributed by atoms with Gasteiger partial charge >= 0.3 is 0 Å². The van der Waals surface area contributed by atoms with Crippen LogP contribution in [-0.2, 0) is 19.4 Å². The SMILES string of the molecule is COc1ccc(NC(=O)CS(=O)(=O)CC(=O)Nc2nnc(C)s2)cc1. The number of anilines is 2. The maximum atomic E-state index is 12.0. The molecule has 0 fully saturated rings. The molecule has 0 unspecified atom stereocenters. The summed E-state index contributed by atoms with van der Waals surface area (Å²) in [6.07, 6.45) is 0. The Labute approximate surface area is 148 Å². The maximum absolute atomic E-state index is 12.0. The highest BCUT2D eigenvalue weighted by molar-refractivity contribution is 7.92. The molecule has 0 radical (unpaired) electrons. The van der Waals surface area contributed by atoms with E-state index >= 15 is 0 Å². The predicted molar refractivity (Wildman–Crippen MR) is 93.6 cm³/mol. The van der Waals surface area contributed by atoms with Gasteiger partial charge in [-0.05, 0) is 31.2 Å². The number of ether oxygens (including phenoxy) is 1. The highest BCUT2D eigenvalue weighted by atomic mass is 32.2. The molecule has 0 saturated carbocycles. The van der Waals surface area contributed by atoms with Crippen molar-refractivity contribution in [2.45, 2.75) is 6.92 Å². The van der Waals surface area contributed by atoms with Crippen LogP contribution in [0.1, 0.15) is 5.01 Å². The molecule has 0 aliphatic heterocycles. The van der Waals surface area contributed by atoms with Gasteiger partial charge in [-0.15, -0.1) is 10.2 Å². The zero-order valence-corrected chi connectivity index (χ0v) is 15.1. The molecule has 134 valence electrons. The van der Waals surface area contributed by atoms with Crippen molar-refractivity contribution < 1.29 is 22.7 Å². The average molecular weight is 384 g/mol. The Morgan fingerprint density at radius 1 is 1.08 bits per heavy atom. The first-order chi connectivity index (χ1) is 11.8. The molecule has 0 spiro atoms. The van der Waals surface area contributed by atoms with E-state index in [4.69, 9.17) is 4.74 Å². The number of carbonyl (C=O) groups excluding carboxylic acids is 2. The lowest BCUT2D eigenvalue weighted by molar-refractivity contribution is -0.114. The first-order valence-electron chi connectivity index (χ1n) is 7.02. The van der Waals surface area contributed by atoms with Crippen molar-refractivity contribution in [1.29, 1.82) is 0 Å². The van der Waals surface area contributed by atoms with Crippen LogP contribution >= 0.6 is 11.3 Å². The topological polar surface area (TPSA) is 127 Å². The highest BCUT2D eigenvalue weighted by Gasteiger charge is 2.21. The van der Waals surface area contributed by atoms with Crippen LogP contribution in [0.5, 0.6) is 5.75 Å². The first-order valence-corrected chi connectivity index (χ1v) is 9.65. The van der Waals surface area contributed by atoms with Crippen molar-refractivity contribution in [2.75, 3.05) is 29.2 Å². The lowest BCUT2D eigenvalue weighted by Gasteiger charge is -2.07. The lowest BCUT2D eigenvalue weighted by Crippen LogP contribution is -2.30. The van der Waals surface area contributed by atoms with E-state index in [9.17, 15) is 18.0 Å². The van der Waals surface area contributed by atoms with Crippen molar-refractivity contribution in [3.05, 3.63) is 29.3 Å². The van der Waals surface area contributed by atoms with E-state index in [-0.39, 0.29) is 5.13 Å². The summed E-state index contributed by atoms with van der Waals surface area (Å²) >= 11 is 1.12. The van der Waals surface area contributed by atoms with Crippen LogP contribution in [0.15, 0.2) is 24.3 Å². The standard InChI is InChI=1S/C14H16N4O5S2/c1-9-17-18-14(24-9)16-13(20)8-25(21,22)7-12(19)15-10-3-5-11(23-2)6-4-10/h3-6H,7-8H2,1-2H3,(H,15,19)(H,16,18,20). The first kappa shape index (κ1) is 18.8. The third kappa shape index (κ3) is 6.12. The number of nitrogens with zero attached hydrogens (tertiary/aromatic N) is 2. The van der Waals surface area contributed by atoms with Crippen LogP contribution in [-0.4, -0.2) is 49.0 Å². The van der Waals surface area contributed by atoms with Gasteiger partial charge in [0.2, 0.25) is 16.9 Å². The van der Waals surface area contributed by atoms with Gasteiger partial charge in [-0.3, -0.25) is 14.9 Å². The summed E-state index contributed by atoms with van der Waals surface area (Å²) in [5.41, 5.74) is 0.426. The summed E-state index contributed by atoms with van der Waals surface area (Å²) in [4.78, 5) is 23.6. The molecular formula is C14H16N4O5S2. The number of rotatable bonds is 7. The second-order valence-corrected chi connectivity index (χ2v) is 8.23. The van der Waals surface area contributed by atoms with Gasteiger partial charge in [0, 0.05) is 5.69 Å². The van der Waals surface area contributed by atoms with Crippen LogP contribution in [0, 0.1) is 6.92 Å². The van der Waals surface area contributed by atoms with Gasteiger partial charge < -0.3 is 10.1 Å². The third-order valence-electron chi connectivity index (χ3n) is 2.85. The Morgan fingerprint density at radius 2 is 1.68 bits per heavy atom. The number of aromatic nitrogens is 2. The van der Waals surface area contributed by atoms with Gasteiger partial charge in [0.05, 0.1) is 7.11 Å². The van der Waals surface area contributed by atoms with E-state index in [0.29, 0.717) is 16.4 Å². The van der Waals surface area contributed by atoms with Gasteiger partial charge in [-0.25, -0.2) is 8.42 Å². The molecule has 0 aliphatic carbocycles. The quantitative estimate of drug-likeness (QED) is 0.724. The highest BCUT2D eigenvalue weighted by Crippen LogP contribution is 2.15. The summed E-state index contributed by atoms with van der Waals surface area (Å²) in [5, 5.41) is 13.0. The lowest BCUT2D eigenvalue weighted by atomic mass is 10.3. The van der Waals surface area contributed by atoms with Crippen LogP contribution in [0.3, 0.4) is 0 Å². The number of methoxy groups -OCH3 is 1. The summed E-state index contributed by atoms with van der Waals surface area (Å²) in [5.74, 6) is -2.52. The van der Waals surface area contributed by atoms with Crippen molar-refractivity contribution in [3.63, 3.8) is 0 Å². The van der Waals surface area contributed by atoms with Gasteiger partial charge in [0.25, 0.3) is 0 Å². The van der Waals surface area contributed by atoms with Crippen LogP contribution < -0.4 is 15.4 Å². The molecule has 0 atom stereocenters.